The molecule has 0 aliphatic carbocycles. The molecule has 6 aromatic heterocycles. The van der Waals surface area contributed by atoms with Crippen molar-refractivity contribution in [3.8, 4) is 5.69 Å². The third kappa shape index (κ3) is 5.42. The van der Waals surface area contributed by atoms with Crippen LogP contribution >= 0.6 is 34.0 Å². The number of alkyl halides is 1. The molecule has 1 aliphatic rings. The first-order chi connectivity index (χ1) is 35.2. The molecule has 4 nitrogen and oxygen atoms in total. The Hall–Kier alpha value is -7.47. The average molecular weight is 1070 g/mol. The van der Waals surface area contributed by atoms with Crippen molar-refractivity contribution in [2.75, 3.05) is 4.55 Å². The van der Waals surface area contributed by atoms with Crippen LogP contribution in [-0.2, 0) is 0 Å². The molecule has 0 atom stereocenters. The summed E-state index contributed by atoms with van der Waals surface area (Å²) in [6, 6.07) is 76.0. The maximum atomic E-state index is 4.23. The van der Waals surface area contributed by atoms with Crippen LogP contribution < -0.4 is 26.5 Å². The van der Waals surface area contributed by atoms with Crippen molar-refractivity contribution < 1.29 is 21.2 Å². The van der Waals surface area contributed by atoms with Gasteiger partial charge in [0.15, 0.2) is 0 Å². The van der Waals surface area contributed by atoms with E-state index in [1.54, 1.807) is 0 Å². The number of nitrogens with one attached hydrogen (secondary N) is 1. The van der Waals surface area contributed by atoms with Crippen molar-refractivity contribution in [3.63, 3.8) is 0 Å². The van der Waals surface area contributed by atoms with Crippen LogP contribution in [0.3, 0.4) is 0 Å². The van der Waals surface area contributed by atoms with Crippen molar-refractivity contribution in [2.45, 2.75) is 0 Å². The van der Waals surface area contributed by atoms with Gasteiger partial charge >= 0.3 is 431 Å². The monoisotopic (exact) mass is 1070 g/mol. The molecule has 0 fully saturated rings. The van der Waals surface area contributed by atoms with E-state index in [0.29, 0.717) is 0 Å². The molecule has 17 rings (SSSR count). The summed E-state index contributed by atoms with van der Waals surface area (Å²) in [6.45, 7) is 0. The van der Waals surface area contributed by atoms with Gasteiger partial charge in [-0.15, -0.1) is 0 Å². The number of thiophene rings is 3. The van der Waals surface area contributed by atoms with Crippen LogP contribution in [0.2, 0.25) is 0 Å². The van der Waals surface area contributed by atoms with Crippen LogP contribution in [0.25, 0.3) is 143 Å². The first-order valence-corrected chi connectivity index (χ1v) is 29.0. The Morgan fingerprint density at radius 3 is 1.24 bits per heavy atom. The second-order valence-electron chi connectivity index (χ2n) is 18.8. The molecule has 0 amide bonds. The number of aromatic nitrogens is 3. The zero-order chi connectivity index (χ0) is 46.1. The van der Waals surface area contributed by atoms with Gasteiger partial charge in [-0.3, -0.25) is 0 Å². The molecule has 8 heteroatoms. The van der Waals surface area contributed by atoms with Gasteiger partial charge in [-0.05, 0) is 0 Å². The molecule has 334 valence electrons. The van der Waals surface area contributed by atoms with E-state index in [1.807, 2.05) is 34.0 Å². The summed E-state index contributed by atoms with van der Waals surface area (Å²) in [6.07, 6.45) is 0. The van der Waals surface area contributed by atoms with Crippen molar-refractivity contribution in [1.82, 2.24) is 19.0 Å². The average Bonchev–Trinajstić information content (AvgIpc) is 4.25. The Bertz CT molecular complexity index is 5050. The van der Waals surface area contributed by atoms with E-state index in [-0.39, 0.29) is 0 Å². The molecule has 1 N–H and O–H groups in total. The molecule has 0 saturated carbocycles. The first-order valence-electron chi connectivity index (χ1n) is 24.0. The van der Waals surface area contributed by atoms with Crippen LogP contribution in [0.1, 0.15) is 5.56 Å². The zero-order valence-corrected chi connectivity index (χ0v) is 42.3. The number of para-hydroxylation sites is 3. The van der Waals surface area contributed by atoms with E-state index in [0.717, 1.165) is 10.4 Å². The summed E-state index contributed by atoms with van der Waals surface area (Å²) in [5, 5.41) is 19.8. The van der Waals surface area contributed by atoms with Crippen LogP contribution in [-0.4, -0.2) is 18.3 Å². The van der Waals surface area contributed by atoms with E-state index >= 15 is 0 Å². The molecule has 7 heterocycles. The van der Waals surface area contributed by atoms with Crippen molar-refractivity contribution in [3.05, 3.63) is 209 Å². The molecule has 10 aromatic carbocycles. The van der Waals surface area contributed by atoms with Gasteiger partial charge in [0.2, 0.25) is 0 Å². The number of nitrogens with zero attached hydrogens (tertiary/aromatic N) is 3. The Kier molecular flexibility index (Phi) is 8.05. The van der Waals surface area contributed by atoms with E-state index in [4.69, 9.17) is 0 Å². The van der Waals surface area contributed by atoms with Crippen molar-refractivity contribution in [2.24, 2.45) is 0 Å². The van der Waals surface area contributed by atoms with E-state index in [1.165, 1.54) is 146 Å². The fraction of sp³-hybridized carbons (Fsp3) is 0.0159. The molecule has 0 radical (unpaired) electrons. The topological polar surface area (TPSA) is 26.8 Å². The zero-order valence-electron chi connectivity index (χ0n) is 37.7. The molecule has 0 saturated heterocycles. The van der Waals surface area contributed by atoms with E-state index < -0.39 is 21.2 Å². The summed E-state index contributed by atoms with van der Waals surface area (Å²) in [5.41, 5.74) is 10.9. The fourth-order valence-corrected chi connectivity index (χ4v) is 17.6. The summed E-state index contributed by atoms with van der Waals surface area (Å²) in [4.78, 5) is 0. The number of benzene rings is 10. The summed E-state index contributed by atoms with van der Waals surface area (Å²) < 4.78 is 17.9. The summed E-state index contributed by atoms with van der Waals surface area (Å²) in [7, 11) is 0. The third-order valence-electron chi connectivity index (χ3n) is 15.1. The molecule has 0 spiro atoms. The fourth-order valence-electron chi connectivity index (χ4n) is 12.1. The molecular weight excluding hydrogens is 1040 g/mol. The number of halogens is 1. The SMILES string of the molecule is c1ccc2c(c1)sc1cc3c(cc12)c1ccccc1n3C1=C(n2c3ccccc3c3cc4c(cc32)sc2ccccc24)c2cc(-n3c4ccccc4c4cc5c(cc43)sc3ccccc35)ccc2[I-]CN1. The predicted octanol–water partition coefficient (Wildman–Crippen LogP) is 14.8. The second-order valence-corrected chi connectivity index (χ2v) is 24.7. The predicted molar refractivity (Wildman–Crippen MR) is 304 cm³/mol. The van der Waals surface area contributed by atoms with Gasteiger partial charge in [0.25, 0.3) is 0 Å². The molecule has 16 aromatic rings. The summed E-state index contributed by atoms with van der Waals surface area (Å²) >= 11 is 5.21. The second kappa shape index (κ2) is 14.6. The molecule has 0 unspecified atom stereocenters. The van der Waals surface area contributed by atoms with Crippen molar-refractivity contribution >= 4 is 171 Å². The Morgan fingerprint density at radius 2 is 0.732 bits per heavy atom. The number of rotatable bonds is 3. The number of hydrogen-bond acceptors (Lipinski definition) is 4. The van der Waals surface area contributed by atoms with Crippen LogP contribution in [0.4, 0.5) is 0 Å². The third-order valence-corrected chi connectivity index (χ3v) is 21.0. The molecule has 71 heavy (non-hydrogen) atoms. The van der Waals surface area contributed by atoms with Crippen molar-refractivity contribution in [1.29, 1.82) is 0 Å². The van der Waals surface area contributed by atoms with Crippen LogP contribution in [0.5, 0.6) is 0 Å². The molecule has 1 aliphatic heterocycles. The van der Waals surface area contributed by atoms with E-state index in [2.05, 4.69) is 219 Å². The van der Waals surface area contributed by atoms with Gasteiger partial charge < -0.3 is 0 Å². The van der Waals surface area contributed by atoms with Gasteiger partial charge in [0.05, 0.1) is 0 Å². The Morgan fingerprint density at radius 1 is 0.324 bits per heavy atom. The minimum absolute atomic E-state index is 0.465. The first kappa shape index (κ1) is 39.3. The van der Waals surface area contributed by atoms with Gasteiger partial charge in [-0.2, -0.15) is 0 Å². The van der Waals surface area contributed by atoms with Gasteiger partial charge in [0, 0.05) is 0 Å². The van der Waals surface area contributed by atoms with Gasteiger partial charge in [-0.1, -0.05) is 0 Å². The maximum absolute atomic E-state index is 4.23. The Labute approximate surface area is 427 Å². The number of fused-ring (bicyclic) bond motifs is 19. The molecular formula is C63H36IN4S3-. The summed E-state index contributed by atoms with van der Waals surface area (Å²) in [5.74, 6) is 1.11. The van der Waals surface area contributed by atoms with Crippen LogP contribution in [0.15, 0.2) is 200 Å². The van der Waals surface area contributed by atoms with Gasteiger partial charge in [0.1, 0.15) is 0 Å². The van der Waals surface area contributed by atoms with Gasteiger partial charge in [-0.25, -0.2) is 0 Å². The van der Waals surface area contributed by atoms with Crippen LogP contribution in [0, 0.1) is 3.57 Å². The number of hydrogen-bond donors (Lipinski definition) is 1. The Balaban J connectivity index is 1.03. The minimum atomic E-state index is -0.465. The molecule has 0 bridgehead atoms. The normalized spacial score (nSPS) is 13.7. The van der Waals surface area contributed by atoms with E-state index in [9.17, 15) is 0 Å². The quantitative estimate of drug-likeness (QED) is 0.107. The standard InChI is InChI=1S/C63H36IN4S3/c1-7-19-50-36(13-1)42-28-45-39-16-4-10-22-56(39)69-59(45)31-53(42)66(50)35-25-26-49-48(27-35)62(67-51-20-8-2-14-37(51)43-29-46-40-17-5-11-23-57(40)70-60(46)32-54(43)67)63(65-34-64-49)68-52-21-9-3-15-38(52)44-30-47-41-18-6-12-24-58(41)71-61(47)33-55(44)68/h1-33,65H,34H2/q-1.